The van der Waals surface area contributed by atoms with Gasteiger partial charge in [-0.15, -0.1) is 0 Å². The predicted octanol–water partition coefficient (Wildman–Crippen LogP) is 7.87. The minimum atomic E-state index is -0.937. The van der Waals surface area contributed by atoms with Gasteiger partial charge in [-0.1, -0.05) is 86.1 Å². The summed E-state index contributed by atoms with van der Waals surface area (Å²) in [5.41, 5.74) is 5.60. The van der Waals surface area contributed by atoms with Gasteiger partial charge in [0.25, 0.3) is 0 Å². The summed E-state index contributed by atoms with van der Waals surface area (Å²) >= 11 is 0. The molecule has 0 atom stereocenters. The summed E-state index contributed by atoms with van der Waals surface area (Å²) in [6.45, 7) is 6.61. The molecule has 1 aromatic heterocycles. The second-order valence-electron chi connectivity index (χ2n) is 10.9. The Hall–Kier alpha value is -4.71. The van der Waals surface area contributed by atoms with E-state index in [1.165, 1.54) is 0 Å². The Morgan fingerprint density at radius 2 is 1.61 bits per heavy atom. The first-order valence-electron chi connectivity index (χ1n) is 14.1. The van der Waals surface area contributed by atoms with Crippen LogP contribution in [0.4, 0.5) is 5.69 Å². The second kappa shape index (κ2) is 11.8. The van der Waals surface area contributed by atoms with Gasteiger partial charge in [-0.25, -0.2) is 9.78 Å². The highest BCUT2D eigenvalue weighted by Crippen LogP contribution is 2.28. The van der Waals surface area contributed by atoms with Crippen molar-refractivity contribution in [3.8, 4) is 11.1 Å². The SMILES string of the molecule is CCCCc1nc2ccc(NC(C)(C)C(=O)c3ccccc3)cc2n1Cc1ccc(-c2ccccc2C(=O)O)cc1. The third-order valence-corrected chi connectivity index (χ3v) is 7.40. The number of fused-ring (bicyclic) bond motifs is 1. The van der Waals surface area contributed by atoms with E-state index >= 15 is 0 Å². The third-order valence-electron chi connectivity index (χ3n) is 7.40. The summed E-state index contributed by atoms with van der Waals surface area (Å²) in [6.07, 6.45) is 2.98. The quantitative estimate of drug-likeness (QED) is 0.165. The van der Waals surface area contributed by atoms with Crippen molar-refractivity contribution >= 4 is 28.5 Å². The highest BCUT2D eigenvalue weighted by molar-refractivity contribution is 6.04. The van der Waals surface area contributed by atoms with Crippen molar-refractivity contribution in [1.29, 1.82) is 0 Å². The van der Waals surface area contributed by atoms with Crippen LogP contribution in [0, 0.1) is 0 Å². The summed E-state index contributed by atoms with van der Waals surface area (Å²) < 4.78 is 2.25. The van der Waals surface area contributed by atoms with Crippen LogP contribution in [0.3, 0.4) is 0 Å². The standard InChI is InChI=1S/C35H35N3O3/c1-4-5-15-32-36-30-21-20-27(37-35(2,3)33(39)26-11-7-6-8-12-26)22-31(30)38(32)23-24-16-18-25(19-17-24)28-13-9-10-14-29(28)34(40)41/h6-14,16-22,37H,4-5,15,23H2,1-3H3,(H,40,41). The number of carboxylic acid groups (broad SMARTS) is 1. The first-order chi connectivity index (χ1) is 19.8. The van der Waals surface area contributed by atoms with E-state index in [4.69, 9.17) is 4.98 Å². The molecule has 0 saturated heterocycles. The number of Topliss-reactive ketones (excluding diaryl/α,β-unsaturated/α-hetero) is 1. The number of benzene rings is 4. The van der Waals surface area contributed by atoms with Crippen molar-refractivity contribution in [2.24, 2.45) is 0 Å². The van der Waals surface area contributed by atoms with Gasteiger partial charge in [-0.2, -0.15) is 0 Å². The normalized spacial score (nSPS) is 11.5. The molecule has 0 unspecified atom stereocenters. The molecule has 0 aliphatic carbocycles. The number of ketones is 1. The highest BCUT2D eigenvalue weighted by atomic mass is 16.4. The average Bonchev–Trinajstić information content (AvgIpc) is 3.32. The fraction of sp³-hybridized carbons (Fsp3) is 0.229. The van der Waals surface area contributed by atoms with Crippen LogP contribution in [-0.4, -0.2) is 31.9 Å². The molecule has 0 fully saturated rings. The minimum absolute atomic E-state index is 0.0277. The van der Waals surface area contributed by atoms with Crippen LogP contribution < -0.4 is 5.32 Å². The number of imidazole rings is 1. The number of unbranched alkanes of at least 4 members (excludes halogenated alkanes) is 1. The van der Waals surface area contributed by atoms with Gasteiger partial charge in [0.15, 0.2) is 5.78 Å². The Balaban J connectivity index is 1.46. The lowest BCUT2D eigenvalue weighted by molar-refractivity contribution is 0.0697. The van der Waals surface area contributed by atoms with Gasteiger partial charge in [0.2, 0.25) is 0 Å². The molecule has 0 aliphatic heterocycles. The summed E-state index contributed by atoms with van der Waals surface area (Å²) in [4.78, 5) is 29.9. The molecule has 4 aromatic carbocycles. The Bertz CT molecular complexity index is 1690. The van der Waals surface area contributed by atoms with E-state index in [1.54, 1.807) is 12.1 Å². The molecular weight excluding hydrogens is 510 g/mol. The van der Waals surface area contributed by atoms with Gasteiger partial charge in [0.05, 0.1) is 22.1 Å². The molecule has 6 nitrogen and oxygen atoms in total. The number of aryl methyl sites for hydroxylation is 1. The maximum atomic E-state index is 13.2. The first-order valence-corrected chi connectivity index (χ1v) is 14.1. The predicted molar refractivity (Wildman–Crippen MR) is 165 cm³/mol. The molecule has 0 spiro atoms. The Morgan fingerprint density at radius 1 is 0.902 bits per heavy atom. The number of hydrogen-bond donors (Lipinski definition) is 2. The van der Waals surface area contributed by atoms with Crippen LogP contribution in [0.5, 0.6) is 0 Å². The number of carboxylic acids is 1. The molecule has 208 valence electrons. The number of nitrogens with zero attached hydrogens (tertiary/aromatic N) is 2. The molecule has 0 amide bonds. The maximum Gasteiger partial charge on any atom is 0.336 e. The van der Waals surface area contributed by atoms with Crippen LogP contribution in [0.25, 0.3) is 22.2 Å². The molecule has 5 aromatic rings. The maximum absolute atomic E-state index is 13.2. The summed E-state index contributed by atoms with van der Waals surface area (Å²) in [6, 6.07) is 30.5. The molecule has 5 rings (SSSR count). The van der Waals surface area contributed by atoms with Gasteiger partial charge in [-0.05, 0) is 61.2 Å². The monoisotopic (exact) mass is 545 g/mol. The number of nitrogens with one attached hydrogen (secondary N) is 1. The van der Waals surface area contributed by atoms with Gasteiger partial charge in [0, 0.05) is 24.2 Å². The molecule has 6 heteroatoms. The minimum Gasteiger partial charge on any atom is -0.478 e. The number of rotatable bonds is 11. The van der Waals surface area contributed by atoms with E-state index in [2.05, 4.69) is 22.9 Å². The van der Waals surface area contributed by atoms with Gasteiger partial charge in [0.1, 0.15) is 5.82 Å². The van der Waals surface area contributed by atoms with Crippen molar-refractivity contribution in [3.05, 3.63) is 120 Å². The molecular formula is C35H35N3O3. The third kappa shape index (κ3) is 6.07. The van der Waals surface area contributed by atoms with Gasteiger partial charge < -0.3 is 15.0 Å². The zero-order valence-corrected chi connectivity index (χ0v) is 23.7. The fourth-order valence-corrected chi connectivity index (χ4v) is 5.21. The second-order valence-corrected chi connectivity index (χ2v) is 10.9. The van der Waals surface area contributed by atoms with E-state index < -0.39 is 11.5 Å². The summed E-state index contributed by atoms with van der Waals surface area (Å²) in [5.74, 6) is 0.118. The number of aromatic carboxylic acids is 1. The van der Waals surface area contributed by atoms with Crippen LogP contribution in [0.15, 0.2) is 97.1 Å². The smallest absolute Gasteiger partial charge is 0.336 e. The molecule has 0 radical (unpaired) electrons. The van der Waals surface area contributed by atoms with Crippen LogP contribution >= 0.6 is 0 Å². The molecule has 41 heavy (non-hydrogen) atoms. The van der Waals surface area contributed by atoms with E-state index in [-0.39, 0.29) is 11.3 Å². The molecule has 0 bridgehead atoms. The van der Waals surface area contributed by atoms with Gasteiger partial charge in [-0.3, -0.25) is 4.79 Å². The average molecular weight is 546 g/mol. The number of aromatic nitrogens is 2. The summed E-state index contributed by atoms with van der Waals surface area (Å²) in [7, 11) is 0. The molecule has 1 heterocycles. The van der Waals surface area contributed by atoms with Crippen LogP contribution in [0.1, 0.15) is 65.7 Å². The van der Waals surface area contributed by atoms with E-state index in [0.717, 1.165) is 52.9 Å². The largest absolute Gasteiger partial charge is 0.478 e. The molecule has 0 saturated carbocycles. The lowest BCUT2D eigenvalue weighted by Gasteiger charge is -2.26. The topological polar surface area (TPSA) is 84.2 Å². The van der Waals surface area contributed by atoms with Crippen LogP contribution in [0.2, 0.25) is 0 Å². The van der Waals surface area contributed by atoms with Crippen molar-refractivity contribution in [2.75, 3.05) is 5.32 Å². The molecule has 2 N–H and O–H groups in total. The van der Waals surface area contributed by atoms with Crippen molar-refractivity contribution < 1.29 is 14.7 Å². The zero-order valence-electron chi connectivity index (χ0n) is 23.7. The van der Waals surface area contributed by atoms with Gasteiger partial charge >= 0.3 is 5.97 Å². The first kappa shape index (κ1) is 27.8. The van der Waals surface area contributed by atoms with Crippen LogP contribution in [-0.2, 0) is 13.0 Å². The van der Waals surface area contributed by atoms with E-state index in [9.17, 15) is 14.7 Å². The van der Waals surface area contributed by atoms with E-state index in [0.29, 0.717) is 17.7 Å². The zero-order chi connectivity index (χ0) is 29.0. The highest BCUT2D eigenvalue weighted by Gasteiger charge is 2.28. The number of anilines is 1. The lowest BCUT2D eigenvalue weighted by atomic mass is 9.93. The Labute approximate surface area is 240 Å². The van der Waals surface area contributed by atoms with E-state index in [1.807, 2.05) is 92.7 Å². The molecule has 0 aliphatic rings. The lowest BCUT2D eigenvalue weighted by Crippen LogP contribution is -2.40. The summed E-state index contributed by atoms with van der Waals surface area (Å²) in [5, 5.41) is 13.1. The van der Waals surface area contributed by atoms with Crippen molar-refractivity contribution in [3.63, 3.8) is 0 Å². The number of carbonyl (C=O) groups excluding carboxylic acids is 1. The Kier molecular flexibility index (Phi) is 8.02. The van der Waals surface area contributed by atoms with Crippen molar-refractivity contribution in [1.82, 2.24) is 9.55 Å². The fourth-order valence-electron chi connectivity index (χ4n) is 5.21. The van der Waals surface area contributed by atoms with Crippen molar-refractivity contribution in [2.45, 2.75) is 52.1 Å². The number of hydrogen-bond acceptors (Lipinski definition) is 4. The number of carbonyl (C=O) groups is 2. The Morgan fingerprint density at radius 3 is 2.32 bits per heavy atom.